The molecule has 2 rings (SSSR count). The maximum atomic E-state index is 12.1. The van der Waals surface area contributed by atoms with Gasteiger partial charge >= 0.3 is 5.97 Å². The summed E-state index contributed by atoms with van der Waals surface area (Å²) < 4.78 is 5.12. The van der Waals surface area contributed by atoms with Crippen LogP contribution in [0.15, 0.2) is 4.99 Å². The van der Waals surface area contributed by atoms with E-state index < -0.39 is 0 Å². The molecule has 2 atom stereocenters. The van der Waals surface area contributed by atoms with E-state index in [4.69, 9.17) is 4.74 Å². The first-order valence-corrected chi connectivity index (χ1v) is 11.4. The van der Waals surface area contributed by atoms with Crippen LogP contribution in [0, 0.1) is 12.8 Å². The van der Waals surface area contributed by atoms with Crippen LogP contribution < -0.4 is 10.6 Å². The number of nitrogens with zero attached hydrogens (tertiary/aromatic N) is 3. The van der Waals surface area contributed by atoms with Gasteiger partial charge in [0.05, 0.1) is 18.3 Å². The largest absolute Gasteiger partial charge is 0.462 e. The molecule has 172 valence electrons. The second-order valence-corrected chi connectivity index (χ2v) is 9.52. The third-order valence-electron chi connectivity index (χ3n) is 5.42. The number of halogens is 1. The van der Waals surface area contributed by atoms with Gasteiger partial charge in [-0.1, -0.05) is 6.92 Å². The zero-order valence-corrected chi connectivity index (χ0v) is 22.5. The van der Waals surface area contributed by atoms with Gasteiger partial charge in [-0.05, 0) is 59.9 Å². The molecule has 1 aromatic heterocycles. The number of aromatic nitrogens is 1. The summed E-state index contributed by atoms with van der Waals surface area (Å²) >= 11 is 1.38. The lowest BCUT2D eigenvalue weighted by molar-refractivity contribution is 0.0531. The molecule has 0 saturated carbocycles. The first-order valence-electron chi connectivity index (χ1n) is 10.5. The predicted octanol–water partition coefficient (Wildman–Crippen LogP) is 3.98. The molecule has 1 saturated heterocycles. The number of likely N-dealkylation sites (tertiary alicyclic amines) is 1. The Morgan fingerprint density at radius 2 is 2.17 bits per heavy atom. The van der Waals surface area contributed by atoms with Crippen molar-refractivity contribution in [3.05, 3.63) is 15.6 Å². The van der Waals surface area contributed by atoms with Gasteiger partial charge in [0.15, 0.2) is 5.96 Å². The number of esters is 1. The van der Waals surface area contributed by atoms with Gasteiger partial charge in [-0.3, -0.25) is 9.89 Å². The average molecular weight is 552 g/mol. The maximum Gasteiger partial charge on any atom is 0.350 e. The second kappa shape index (κ2) is 12.2. The van der Waals surface area contributed by atoms with Crippen molar-refractivity contribution in [3.8, 4) is 0 Å². The molecule has 0 aliphatic carbocycles. The number of piperidine rings is 1. The zero-order valence-electron chi connectivity index (χ0n) is 19.4. The molecule has 2 unspecified atom stereocenters. The first-order chi connectivity index (χ1) is 13.7. The van der Waals surface area contributed by atoms with Crippen LogP contribution in [0.1, 0.15) is 73.9 Å². The monoisotopic (exact) mass is 551 g/mol. The summed E-state index contributed by atoms with van der Waals surface area (Å²) in [6, 6.07) is -0.0637. The minimum absolute atomic E-state index is 0. The highest BCUT2D eigenvalue weighted by Gasteiger charge is 2.30. The van der Waals surface area contributed by atoms with E-state index in [0.717, 1.165) is 36.5 Å². The van der Waals surface area contributed by atoms with Crippen LogP contribution in [0.4, 0.5) is 0 Å². The number of hydrogen-bond donors (Lipinski definition) is 2. The van der Waals surface area contributed by atoms with Crippen molar-refractivity contribution in [3.63, 3.8) is 0 Å². The van der Waals surface area contributed by atoms with Crippen LogP contribution >= 0.6 is 35.3 Å². The highest BCUT2D eigenvalue weighted by atomic mass is 127. The van der Waals surface area contributed by atoms with Gasteiger partial charge in [0, 0.05) is 25.7 Å². The molecular formula is C21H38IN5O2S. The van der Waals surface area contributed by atoms with Gasteiger partial charge < -0.3 is 15.4 Å². The van der Waals surface area contributed by atoms with Gasteiger partial charge in [-0.25, -0.2) is 9.78 Å². The SMILES string of the molecule is CCOC(=O)c1sc(C(C)NC(=NC)NCC(C)(C)N2CCCC(C)C2)nc1C.I. The lowest BCUT2D eigenvalue weighted by atomic mass is 9.93. The van der Waals surface area contributed by atoms with E-state index in [2.05, 4.69) is 46.3 Å². The number of carbonyl (C=O) groups excluding carboxylic acids is 1. The van der Waals surface area contributed by atoms with Crippen molar-refractivity contribution in [1.82, 2.24) is 20.5 Å². The number of thiazole rings is 1. The first kappa shape index (κ1) is 27.1. The van der Waals surface area contributed by atoms with E-state index in [1.54, 1.807) is 14.0 Å². The Bertz CT molecular complexity index is 722. The Labute approximate surface area is 202 Å². The third-order valence-corrected chi connectivity index (χ3v) is 6.74. The Kier molecular flexibility index (Phi) is 11.0. The van der Waals surface area contributed by atoms with Crippen molar-refractivity contribution >= 4 is 47.2 Å². The Balaban J connectivity index is 0.00000450. The second-order valence-electron chi connectivity index (χ2n) is 8.48. The average Bonchev–Trinajstić information content (AvgIpc) is 3.07. The number of carbonyl (C=O) groups is 1. The third kappa shape index (κ3) is 7.33. The van der Waals surface area contributed by atoms with Crippen LogP contribution in [0.5, 0.6) is 0 Å². The highest BCUT2D eigenvalue weighted by Crippen LogP contribution is 2.25. The summed E-state index contributed by atoms with van der Waals surface area (Å²) in [4.78, 5) is 24.1. The van der Waals surface area contributed by atoms with E-state index in [0.29, 0.717) is 17.2 Å². The standard InChI is InChI=1S/C21H37N5O2S.HI/c1-8-28-19(27)17-15(3)24-18(29-17)16(4)25-20(22-7)23-13-21(5,6)26-11-9-10-14(2)12-26;/h14,16H,8-13H2,1-7H3,(H2,22,23,25);1H. The summed E-state index contributed by atoms with van der Waals surface area (Å²) in [7, 11) is 1.77. The number of aryl methyl sites for hydroxylation is 1. The van der Waals surface area contributed by atoms with Crippen LogP contribution in [-0.4, -0.2) is 60.6 Å². The lowest BCUT2D eigenvalue weighted by Crippen LogP contribution is -2.56. The molecule has 2 heterocycles. The van der Waals surface area contributed by atoms with Crippen LogP contribution in [0.3, 0.4) is 0 Å². The van der Waals surface area contributed by atoms with E-state index in [-0.39, 0.29) is 41.5 Å². The summed E-state index contributed by atoms with van der Waals surface area (Å²) in [5.74, 6) is 1.18. The summed E-state index contributed by atoms with van der Waals surface area (Å²) in [5, 5.41) is 7.71. The summed E-state index contributed by atoms with van der Waals surface area (Å²) in [5.41, 5.74) is 0.755. The van der Waals surface area contributed by atoms with Crippen molar-refractivity contribution in [2.24, 2.45) is 10.9 Å². The normalized spacial score (nSPS) is 19.0. The minimum Gasteiger partial charge on any atom is -0.462 e. The Morgan fingerprint density at radius 1 is 1.47 bits per heavy atom. The van der Waals surface area contributed by atoms with Crippen LogP contribution in [0.2, 0.25) is 0 Å². The quantitative estimate of drug-likeness (QED) is 0.231. The fourth-order valence-corrected chi connectivity index (χ4v) is 4.56. The lowest BCUT2D eigenvalue weighted by Gasteiger charge is -2.43. The van der Waals surface area contributed by atoms with Gasteiger partial charge in [-0.2, -0.15) is 0 Å². The molecule has 1 aliphatic rings. The Hall–Kier alpha value is -0.940. The molecule has 1 aliphatic heterocycles. The van der Waals surface area contributed by atoms with Gasteiger partial charge in [0.2, 0.25) is 0 Å². The molecule has 30 heavy (non-hydrogen) atoms. The van der Waals surface area contributed by atoms with Gasteiger partial charge in [0.1, 0.15) is 9.88 Å². The minimum atomic E-state index is -0.305. The van der Waals surface area contributed by atoms with E-state index in [1.165, 1.54) is 24.2 Å². The molecule has 1 fully saturated rings. The molecule has 0 aromatic carbocycles. The molecule has 1 aromatic rings. The number of nitrogens with one attached hydrogen (secondary N) is 2. The van der Waals surface area contributed by atoms with Crippen LogP contribution in [0.25, 0.3) is 0 Å². The fraction of sp³-hybridized carbons (Fsp3) is 0.762. The van der Waals surface area contributed by atoms with Crippen LogP contribution in [-0.2, 0) is 4.74 Å². The molecule has 7 nitrogen and oxygen atoms in total. The summed E-state index contributed by atoms with van der Waals surface area (Å²) in [6.07, 6.45) is 2.59. The Morgan fingerprint density at radius 3 is 2.77 bits per heavy atom. The highest BCUT2D eigenvalue weighted by molar-refractivity contribution is 14.0. The number of hydrogen-bond acceptors (Lipinski definition) is 6. The molecular weight excluding hydrogens is 513 g/mol. The molecule has 9 heteroatoms. The molecule has 0 spiro atoms. The number of rotatable bonds is 7. The number of aliphatic imine (C=N–C) groups is 1. The smallest absolute Gasteiger partial charge is 0.350 e. The molecule has 0 radical (unpaired) electrons. The van der Waals surface area contributed by atoms with E-state index in [1.807, 2.05) is 13.8 Å². The molecule has 0 amide bonds. The maximum absolute atomic E-state index is 12.1. The fourth-order valence-electron chi connectivity index (χ4n) is 3.60. The van der Waals surface area contributed by atoms with Gasteiger partial charge in [0.25, 0.3) is 0 Å². The van der Waals surface area contributed by atoms with Crippen molar-refractivity contribution in [1.29, 1.82) is 0 Å². The van der Waals surface area contributed by atoms with E-state index in [9.17, 15) is 4.79 Å². The van der Waals surface area contributed by atoms with E-state index >= 15 is 0 Å². The molecule has 2 N–H and O–H groups in total. The van der Waals surface area contributed by atoms with Gasteiger partial charge in [-0.15, -0.1) is 35.3 Å². The topological polar surface area (TPSA) is 78.8 Å². The predicted molar refractivity (Wildman–Crippen MR) is 135 cm³/mol. The zero-order chi connectivity index (χ0) is 21.6. The number of ether oxygens (including phenoxy) is 1. The van der Waals surface area contributed by atoms with Crippen molar-refractivity contribution < 1.29 is 9.53 Å². The summed E-state index contributed by atoms with van der Waals surface area (Å²) in [6.45, 7) is 16.0. The van der Waals surface area contributed by atoms with Crippen molar-refractivity contribution in [2.45, 2.75) is 66.0 Å². The molecule has 0 bridgehead atoms. The van der Waals surface area contributed by atoms with Crippen molar-refractivity contribution in [2.75, 3.05) is 33.3 Å². The number of guanidine groups is 1.